The summed E-state index contributed by atoms with van der Waals surface area (Å²) in [6.45, 7) is 2.73. The van der Waals surface area contributed by atoms with Gasteiger partial charge in [-0.1, -0.05) is 25.1 Å². The average Bonchev–Trinajstić information content (AvgIpc) is 2.37. The van der Waals surface area contributed by atoms with Crippen LogP contribution >= 0.6 is 0 Å². The first-order chi connectivity index (χ1) is 9.54. The van der Waals surface area contributed by atoms with Crippen LogP contribution in [0.25, 0.3) is 0 Å². The predicted octanol–water partition coefficient (Wildman–Crippen LogP) is 2.70. The van der Waals surface area contributed by atoms with E-state index in [9.17, 15) is 18.0 Å². The Morgan fingerprint density at radius 3 is 1.90 bits per heavy atom. The molecule has 0 bridgehead atoms. The van der Waals surface area contributed by atoms with Gasteiger partial charge >= 0.3 is 12.1 Å². The number of hydrogen-bond acceptors (Lipinski definition) is 3. The van der Waals surface area contributed by atoms with E-state index in [0.29, 0.717) is 5.56 Å². The molecule has 1 aromatic rings. The molecular weight excluding hydrogens is 289 g/mol. The lowest BCUT2D eigenvalue weighted by Gasteiger charge is -2.22. The monoisotopic (exact) mass is 308 g/mol. The van der Waals surface area contributed by atoms with Crippen LogP contribution in [-0.4, -0.2) is 39.7 Å². The molecule has 3 N–H and O–H groups in total. The van der Waals surface area contributed by atoms with Gasteiger partial charge in [-0.2, -0.15) is 13.2 Å². The summed E-state index contributed by atoms with van der Waals surface area (Å²) < 4.78 is 35.1. The molecular formula is C14H19F3O4. The highest BCUT2D eigenvalue weighted by Gasteiger charge is 2.34. The average molecular weight is 308 g/mol. The number of aliphatic hydroxyl groups is 2. The van der Waals surface area contributed by atoms with Gasteiger partial charge in [0.05, 0.1) is 24.2 Å². The van der Waals surface area contributed by atoms with E-state index in [1.807, 2.05) is 0 Å². The molecule has 0 aliphatic rings. The fourth-order valence-corrected chi connectivity index (χ4v) is 1.33. The summed E-state index contributed by atoms with van der Waals surface area (Å²) in [7, 11) is 0. The molecule has 3 atom stereocenters. The molecule has 4 nitrogen and oxygen atoms in total. The lowest BCUT2D eigenvalue weighted by Crippen LogP contribution is -2.31. The molecule has 0 radical (unpaired) electrons. The van der Waals surface area contributed by atoms with Gasteiger partial charge in [0.2, 0.25) is 0 Å². The Balaban J connectivity index is 0.000000394. The van der Waals surface area contributed by atoms with Crippen molar-refractivity contribution in [3.63, 3.8) is 0 Å². The Bertz CT molecular complexity index is 418. The van der Waals surface area contributed by atoms with Gasteiger partial charge in [-0.3, -0.25) is 0 Å². The van der Waals surface area contributed by atoms with Gasteiger partial charge in [0.1, 0.15) is 0 Å². The lowest BCUT2D eigenvalue weighted by molar-refractivity contribution is -0.162. The maximum atomic E-state index is 11.7. The van der Waals surface area contributed by atoms with Crippen molar-refractivity contribution in [3.05, 3.63) is 35.9 Å². The molecule has 0 saturated carbocycles. The highest BCUT2D eigenvalue weighted by Crippen LogP contribution is 2.25. The van der Waals surface area contributed by atoms with Gasteiger partial charge in [-0.15, -0.1) is 0 Å². The van der Waals surface area contributed by atoms with Crippen LogP contribution in [0.3, 0.4) is 0 Å². The molecule has 0 heterocycles. The maximum absolute atomic E-state index is 11.7. The first kappa shape index (κ1) is 19.4. The van der Waals surface area contributed by atoms with Crippen molar-refractivity contribution in [2.24, 2.45) is 5.92 Å². The van der Waals surface area contributed by atoms with Gasteiger partial charge in [0.25, 0.3) is 0 Å². The van der Waals surface area contributed by atoms with Crippen molar-refractivity contribution < 1.29 is 33.3 Å². The number of rotatable bonds is 4. The van der Waals surface area contributed by atoms with Crippen LogP contribution < -0.4 is 0 Å². The Morgan fingerprint density at radius 1 is 1.14 bits per heavy atom. The molecule has 0 fully saturated rings. The van der Waals surface area contributed by atoms with E-state index in [2.05, 4.69) is 0 Å². The molecule has 3 unspecified atom stereocenters. The summed E-state index contributed by atoms with van der Waals surface area (Å²) in [6, 6.07) is 8.30. The number of aliphatic hydroxyl groups excluding tert-OH is 2. The van der Waals surface area contributed by atoms with Crippen LogP contribution in [0.15, 0.2) is 30.3 Å². The first-order valence-electron chi connectivity index (χ1n) is 6.25. The van der Waals surface area contributed by atoms with Crippen LogP contribution in [-0.2, 0) is 0 Å². The normalized spacial score (nSPS) is 15.4. The summed E-state index contributed by atoms with van der Waals surface area (Å²) in [5.41, 5.74) is 0.331. The van der Waals surface area contributed by atoms with Crippen molar-refractivity contribution in [1.82, 2.24) is 0 Å². The molecule has 0 saturated heterocycles. The van der Waals surface area contributed by atoms with Crippen molar-refractivity contribution in [2.45, 2.75) is 38.7 Å². The molecule has 0 spiro atoms. The number of benzene rings is 1. The quantitative estimate of drug-likeness (QED) is 0.799. The van der Waals surface area contributed by atoms with Crippen LogP contribution in [0.1, 0.15) is 30.6 Å². The Hall–Kier alpha value is -1.60. The number of carbonyl (C=O) groups is 1. The second kappa shape index (κ2) is 8.63. The van der Waals surface area contributed by atoms with Crippen LogP contribution in [0.2, 0.25) is 0 Å². The van der Waals surface area contributed by atoms with Crippen LogP contribution in [0.5, 0.6) is 0 Å². The van der Waals surface area contributed by atoms with E-state index in [4.69, 9.17) is 15.3 Å². The van der Waals surface area contributed by atoms with E-state index in [1.54, 1.807) is 30.3 Å². The second-order valence-electron chi connectivity index (χ2n) is 4.66. The number of carboxylic acids is 1. The Labute approximate surface area is 120 Å². The van der Waals surface area contributed by atoms with Gasteiger partial charge in [0, 0.05) is 5.92 Å². The number of alkyl halides is 3. The minimum atomic E-state index is -4.37. The fraction of sp³-hybridized carbons (Fsp3) is 0.500. The van der Waals surface area contributed by atoms with Gasteiger partial charge in [-0.05, 0) is 19.1 Å². The van der Waals surface area contributed by atoms with E-state index in [1.165, 1.54) is 13.8 Å². The molecule has 0 aliphatic heterocycles. The highest BCUT2D eigenvalue weighted by molar-refractivity contribution is 5.87. The molecule has 120 valence electrons. The summed E-state index contributed by atoms with van der Waals surface area (Å²) in [5.74, 6) is -1.64. The summed E-state index contributed by atoms with van der Waals surface area (Å²) >= 11 is 0. The number of aromatic carboxylic acids is 1. The molecule has 0 amide bonds. The SMILES string of the molecule is CC(O)C(C)C(O)CC(F)(F)F.O=C(O)c1ccccc1. The molecule has 0 aromatic heterocycles. The molecule has 7 heteroatoms. The largest absolute Gasteiger partial charge is 0.478 e. The Kier molecular flexibility index (Phi) is 7.98. The van der Waals surface area contributed by atoms with Gasteiger partial charge < -0.3 is 15.3 Å². The third kappa shape index (κ3) is 9.04. The number of carboxylic acid groups (broad SMARTS) is 1. The van der Waals surface area contributed by atoms with E-state index in [0.717, 1.165) is 0 Å². The molecule has 1 rings (SSSR count). The standard InChI is InChI=1S/C7H13F3O2.C7H6O2/c1-4(5(2)11)6(12)3-7(8,9)10;8-7(9)6-4-2-1-3-5-6/h4-6,11-12H,3H2,1-2H3;1-5H,(H,8,9). The fourth-order valence-electron chi connectivity index (χ4n) is 1.33. The highest BCUT2D eigenvalue weighted by atomic mass is 19.4. The maximum Gasteiger partial charge on any atom is 0.391 e. The zero-order chi connectivity index (χ0) is 16.6. The lowest BCUT2D eigenvalue weighted by atomic mass is 9.97. The van der Waals surface area contributed by atoms with Crippen LogP contribution in [0, 0.1) is 5.92 Å². The number of hydrogen-bond donors (Lipinski definition) is 3. The summed E-state index contributed by atoms with van der Waals surface area (Å²) in [4.78, 5) is 10.2. The molecule has 0 aliphatic carbocycles. The summed E-state index contributed by atoms with van der Waals surface area (Å²) in [5, 5.41) is 26.2. The van der Waals surface area contributed by atoms with Crippen molar-refractivity contribution in [1.29, 1.82) is 0 Å². The van der Waals surface area contributed by atoms with Gasteiger partial charge in [-0.25, -0.2) is 4.79 Å². The zero-order valence-electron chi connectivity index (χ0n) is 11.7. The smallest absolute Gasteiger partial charge is 0.391 e. The minimum absolute atomic E-state index is 0.331. The number of halogens is 3. The molecule has 21 heavy (non-hydrogen) atoms. The van der Waals surface area contributed by atoms with Crippen molar-refractivity contribution in [3.8, 4) is 0 Å². The first-order valence-corrected chi connectivity index (χ1v) is 6.25. The van der Waals surface area contributed by atoms with Gasteiger partial charge in [0.15, 0.2) is 0 Å². The third-order valence-electron chi connectivity index (χ3n) is 2.83. The summed E-state index contributed by atoms with van der Waals surface area (Å²) in [6.07, 6.45) is -8.09. The Morgan fingerprint density at radius 2 is 1.62 bits per heavy atom. The van der Waals surface area contributed by atoms with Crippen molar-refractivity contribution in [2.75, 3.05) is 0 Å². The van der Waals surface area contributed by atoms with E-state index >= 15 is 0 Å². The van der Waals surface area contributed by atoms with Crippen LogP contribution in [0.4, 0.5) is 13.2 Å². The predicted molar refractivity (Wildman–Crippen MR) is 70.9 cm³/mol. The molecule has 1 aromatic carbocycles. The minimum Gasteiger partial charge on any atom is -0.478 e. The van der Waals surface area contributed by atoms with E-state index in [-0.39, 0.29) is 0 Å². The topological polar surface area (TPSA) is 77.8 Å². The second-order valence-corrected chi connectivity index (χ2v) is 4.66. The van der Waals surface area contributed by atoms with E-state index < -0.39 is 36.7 Å². The van der Waals surface area contributed by atoms with Crippen molar-refractivity contribution >= 4 is 5.97 Å². The zero-order valence-corrected chi connectivity index (χ0v) is 11.7. The third-order valence-corrected chi connectivity index (χ3v) is 2.83.